The van der Waals surface area contributed by atoms with E-state index in [0.29, 0.717) is 17.2 Å². The fraction of sp³-hybridized carbons (Fsp3) is 0.400. The van der Waals surface area contributed by atoms with Crippen molar-refractivity contribution >= 4 is 11.6 Å². The van der Waals surface area contributed by atoms with Crippen LogP contribution in [0.5, 0.6) is 5.75 Å². The third kappa shape index (κ3) is 2.36. The molecule has 0 spiro atoms. The highest BCUT2D eigenvalue weighted by Crippen LogP contribution is 2.29. The van der Waals surface area contributed by atoms with Crippen molar-refractivity contribution in [2.45, 2.75) is 19.4 Å². The lowest BCUT2D eigenvalue weighted by molar-refractivity contribution is 0.169. The van der Waals surface area contributed by atoms with Crippen LogP contribution in [-0.4, -0.2) is 12.2 Å². The van der Waals surface area contributed by atoms with Crippen molar-refractivity contribution in [3.63, 3.8) is 0 Å². The summed E-state index contributed by atoms with van der Waals surface area (Å²) in [7, 11) is 1.57. The summed E-state index contributed by atoms with van der Waals surface area (Å²) >= 11 is 5.78. The van der Waals surface area contributed by atoms with Gasteiger partial charge in [-0.2, -0.15) is 0 Å². The van der Waals surface area contributed by atoms with Crippen LogP contribution in [0.4, 0.5) is 0 Å². The second-order valence-corrected chi connectivity index (χ2v) is 3.25. The van der Waals surface area contributed by atoms with Crippen LogP contribution in [0.25, 0.3) is 0 Å². The van der Waals surface area contributed by atoms with Crippen LogP contribution >= 0.6 is 11.6 Å². The van der Waals surface area contributed by atoms with Gasteiger partial charge in [-0.1, -0.05) is 24.6 Å². The zero-order chi connectivity index (χ0) is 9.84. The normalized spacial score (nSPS) is 12.6. The molecule has 13 heavy (non-hydrogen) atoms. The molecule has 1 atom stereocenters. The number of hydrogen-bond donors (Lipinski definition) is 1. The summed E-state index contributed by atoms with van der Waals surface area (Å²) in [4.78, 5) is 0. The number of halogens is 1. The molecule has 0 fully saturated rings. The molecule has 0 aliphatic heterocycles. The summed E-state index contributed by atoms with van der Waals surface area (Å²) in [6.07, 6.45) is 0.185. The van der Waals surface area contributed by atoms with E-state index in [2.05, 4.69) is 0 Å². The third-order valence-corrected chi connectivity index (χ3v) is 2.18. The Hall–Kier alpha value is -0.730. The highest BCUT2D eigenvalue weighted by molar-refractivity contribution is 6.30. The zero-order valence-electron chi connectivity index (χ0n) is 7.75. The van der Waals surface area contributed by atoms with Gasteiger partial charge in [-0.15, -0.1) is 0 Å². The van der Waals surface area contributed by atoms with E-state index in [9.17, 15) is 5.11 Å². The van der Waals surface area contributed by atoms with Gasteiger partial charge in [-0.3, -0.25) is 0 Å². The number of ether oxygens (including phenoxy) is 1. The third-order valence-electron chi connectivity index (χ3n) is 1.94. The average molecular weight is 201 g/mol. The molecular weight excluding hydrogens is 188 g/mol. The van der Waals surface area contributed by atoms with Gasteiger partial charge in [0.1, 0.15) is 5.75 Å². The van der Waals surface area contributed by atoms with Gasteiger partial charge in [0.2, 0.25) is 0 Å². The smallest absolute Gasteiger partial charge is 0.126 e. The molecule has 0 aliphatic rings. The minimum atomic E-state index is -0.479. The van der Waals surface area contributed by atoms with E-state index in [1.165, 1.54) is 0 Å². The molecule has 0 aromatic heterocycles. The predicted octanol–water partition coefficient (Wildman–Crippen LogP) is 2.79. The molecule has 1 N–H and O–H groups in total. The Bertz CT molecular complexity index is 286. The summed E-state index contributed by atoms with van der Waals surface area (Å²) in [5.74, 6) is 0.641. The maximum absolute atomic E-state index is 9.61. The Morgan fingerprint density at radius 3 is 2.77 bits per heavy atom. The quantitative estimate of drug-likeness (QED) is 0.813. The van der Waals surface area contributed by atoms with Gasteiger partial charge in [0.15, 0.2) is 0 Å². The molecule has 0 amide bonds. The number of aliphatic hydroxyl groups is 1. The van der Waals surface area contributed by atoms with Crippen molar-refractivity contribution in [3.05, 3.63) is 28.8 Å². The lowest BCUT2D eigenvalue weighted by atomic mass is 10.1. The van der Waals surface area contributed by atoms with E-state index >= 15 is 0 Å². The predicted molar refractivity (Wildman–Crippen MR) is 53.3 cm³/mol. The van der Waals surface area contributed by atoms with Crippen molar-refractivity contribution in [3.8, 4) is 5.75 Å². The molecule has 0 saturated heterocycles. The number of hydrogen-bond acceptors (Lipinski definition) is 2. The maximum Gasteiger partial charge on any atom is 0.126 e. The van der Waals surface area contributed by atoms with Gasteiger partial charge >= 0.3 is 0 Å². The first kappa shape index (κ1) is 10.4. The van der Waals surface area contributed by atoms with Crippen molar-refractivity contribution < 1.29 is 9.84 Å². The minimum absolute atomic E-state index is 0.479. The first-order chi connectivity index (χ1) is 6.19. The van der Waals surface area contributed by atoms with Crippen LogP contribution in [0.3, 0.4) is 0 Å². The summed E-state index contributed by atoms with van der Waals surface area (Å²) in [6, 6.07) is 5.24. The lowest BCUT2D eigenvalue weighted by Crippen LogP contribution is -1.98. The minimum Gasteiger partial charge on any atom is -0.496 e. The number of methoxy groups -OCH3 is 1. The van der Waals surface area contributed by atoms with Crippen LogP contribution in [0.15, 0.2) is 18.2 Å². The molecule has 0 unspecified atom stereocenters. The Morgan fingerprint density at radius 2 is 2.23 bits per heavy atom. The molecule has 0 radical (unpaired) electrons. The van der Waals surface area contributed by atoms with Crippen LogP contribution in [-0.2, 0) is 0 Å². The van der Waals surface area contributed by atoms with Gasteiger partial charge in [0.05, 0.1) is 13.2 Å². The summed E-state index contributed by atoms with van der Waals surface area (Å²) in [5.41, 5.74) is 0.786. The fourth-order valence-corrected chi connectivity index (χ4v) is 1.34. The van der Waals surface area contributed by atoms with Crippen LogP contribution in [0.1, 0.15) is 25.0 Å². The number of rotatable bonds is 3. The fourth-order valence-electron chi connectivity index (χ4n) is 1.18. The maximum atomic E-state index is 9.61. The van der Waals surface area contributed by atoms with Crippen molar-refractivity contribution in [1.82, 2.24) is 0 Å². The largest absolute Gasteiger partial charge is 0.496 e. The first-order valence-electron chi connectivity index (χ1n) is 4.20. The highest BCUT2D eigenvalue weighted by Gasteiger charge is 2.10. The molecule has 3 heteroatoms. The van der Waals surface area contributed by atoms with Gasteiger partial charge < -0.3 is 9.84 Å². The van der Waals surface area contributed by atoms with E-state index in [-0.39, 0.29) is 0 Å². The summed E-state index contributed by atoms with van der Waals surface area (Å²) in [5, 5.41) is 10.2. The van der Waals surface area contributed by atoms with E-state index < -0.39 is 6.10 Å². The van der Waals surface area contributed by atoms with Crippen molar-refractivity contribution in [1.29, 1.82) is 0 Å². The molecule has 0 saturated carbocycles. The lowest BCUT2D eigenvalue weighted by Gasteiger charge is -2.12. The molecule has 1 rings (SSSR count). The monoisotopic (exact) mass is 200 g/mol. The highest BCUT2D eigenvalue weighted by atomic mass is 35.5. The van der Waals surface area contributed by atoms with Gasteiger partial charge in [0.25, 0.3) is 0 Å². The van der Waals surface area contributed by atoms with Gasteiger partial charge in [-0.25, -0.2) is 0 Å². The Balaban J connectivity index is 3.05. The SMILES string of the molecule is CC[C@H](O)c1ccc(Cl)cc1OC. The van der Waals surface area contributed by atoms with E-state index in [4.69, 9.17) is 16.3 Å². The topological polar surface area (TPSA) is 29.5 Å². The standard InChI is InChI=1S/C10H13ClO2/c1-3-9(12)8-5-4-7(11)6-10(8)13-2/h4-6,9,12H,3H2,1-2H3/t9-/m0/s1. The number of benzene rings is 1. The molecular formula is C10H13ClO2. The molecule has 1 aromatic rings. The average Bonchev–Trinajstić information content (AvgIpc) is 2.16. The van der Waals surface area contributed by atoms with E-state index in [1.54, 1.807) is 25.3 Å². The van der Waals surface area contributed by atoms with Gasteiger partial charge in [-0.05, 0) is 18.6 Å². The molecule has 72 valence electrons. The first-order valence-corrected chi connectivity index (χ1v) is 4.58. The van der Waals surface area contributed by atoms with Crippen LogP contribution in [0.2, 0.25) is 5.02 Å². The van der Waals surface area contributed by atoms with Crippen LogP contribution in [0, 0.1) is 0 Å². The molecule has 0 bridgehead atoms. The number of aliphatic hydroxyl groups excluding tert-OH is 1. The summed E-state index contributed by atoms with van der Waals surface area (Å²) in [6.45, 7) is 1.92. The molecule has 1 aromatic carbocycles. The van der Waals surface area contributed by atoms with Gasteiger partial charge in [0, 0.05) is 10.6 Å². The van der Waals surface area contributed by atoms with Crippen molar-refractivity contribution in [2.75, 3.05) is 7.11 Å². The Morgan fingerprint density at radius 1 is 1.54 bits per heavy atom. The Labute approximate surface area is 83.1 Å². The molecule has 2 nitrogen and oxygen atoms in total. The summed E-state index contributed by atoms with van der Waals surface area (Å²) < 4.78 is 5.10. The second-order valence-electron chi connectivity index (χ2n) is 2.81. The zero-order valence-corrected chi connectivity index (χ0v) is 8.51. The molecule has 0 heterocycles. The van der Waals surface area contributed by atoms with Crippen molar-refractivity contribution in [2.24, 2.45) is 0 Å². The Kier molecular flexibility index (Phi) is 3.58. The molecule has 0 aliphatic carbocycles. The second kappa shape index (κ2) is 4.49. The van der Waals surface area contributed by atoms with Crippen LogP contribution < -0.4 is 4.74 Å². The van der Waals surface area contributed by atoms with E-state index in [1.807, 2.05) is 6.92 Å². The van der Waals surface area contributed by atoms with E-state index in [0.717, 1.165) is 5.56 Å².